The van der Waals surface area contributed by atoms with E-state index in [1.165, 1.54) is 6.08 Å². The maximum absolute atomic E-state index is 12.3. The van der Waals surface area contributed by atoms with Crippen LogP contribution in [-0.4, -0.2) is 24.6 Å². The highest BCUT2D eigenvalue weighted by Gasteiger charge is 2.10. The van der Waals surface area contributed by atoms with Crippen molar-refractivity contribution in [3.05, 3.63) is 65.2 Å². The second kappa shape index (κ2) is 9.93. The molecule has 0 saturated carbocycles. The van der Waals surface area contributed by atoms with E-state index in [0.717, 1.165) is 5.56 Å². The summed E-state index contributed by atoms with van der Waals surface area (Å²) in [6.07, 6.45) is 1.29. The number of hydrogen-bond donors (Lipinski definition) is 1. The molecule has 6 heteroatoms. The van der Waals surface area contributed by atoms with Crippen LogP contribution in [0.25, 0.3) is 6.08 Å². The molecule has 0 atom stereocenters. The third-order valence-corrected chi connectivity index (χ3v) is 3.59. The molecule has 0 heterocycles. The van der Waals surface area contributed by atoms with Crippen LogP contribution < -0.4 is 10.1 Å². The van der Waals surface area contributed by atoms with Crippen LogP contribution in [0.5, 0.6) is 5.75 Å². The van der Waals surface area contributed by atoms with Crippen molar-refractivity contribution in [1.82, 2.24) is 0 Å². The lowest BCUT2D eigenvalue weighted by Crippen LogP contribution is -2.18. The van der Waals surface area contributed by atoms with Gasteiger partial charge in [-0.25, -0.2) is 4.79 Å². The lowest BCUT2D eigenvalue weighted by molar-refractivity contribution is -0.149. The molecule has 0 aliphatic rings. The molecule has 0 unspecified atom stereocenters. The van der Waals surface area contributed by atoms with E-state index in [-0.39, 0.29) is 18.3 Å². The lowest BCUT2D eigenvalue weighted by atomic mass is 10.1. The van der Waals surface area contributed by atoms with Crippen molar-refractivity contribution >= 4 is 23.6 Å². The maximum Gasteiger partial charge on any atom is 0.344 e. The van der Waals surface area contributed by atoms with Crippen LogP contribution >= 0.6 is 0 Å². The van der Waals surface area contributed by atoms with Gasteiger partial charge in [-0.05, 0) is 56.7 Å². The van der Waals surface area contributed by atoms with Gasteiger partial charge >= 0.3 is 5.97 Å². The molecule has 0 radical (unpaired) electrons. The molecule has 1 amide bonds. The fourth-order valence-electron chi connectivity index (χ4n) is 2.25. The third-order valence-electron chi connectivity index (χ3n) is 3.59. The normalized spacial score (nSPS) is 10.9. The van der Waals surface area contributed by atoms with Gasteiger partial charge in [0.15, 0.2) is 6.61 Å². The van der Waals surface area contributed by atoms with Crippen molar-refractivity contribution in [2.45, 2.75) is 26.9 Å². The van der Waals surface area contributed by atoms with Crippen molar-refractivity contribution in [3.8, 4) is 11.8 Å². The summed E-state index contributed by atoms with van der Waals surface area (Å²) in [5.41, 5.74) is 2.34. The number of esters is 1. The number of ether oxygens (including phenoxy) is 2. The highest BCUT2D eigenvalue weighted by atomic mass is 16.6. The van der Waals surface area contributed by atoms with E-state index in [1.54, 1.807) is 50.2 Å². The molecule has 28 heavy (non-hydrogen) atoms. The van der Waals surface area contributed by atoms with Gasteiger partial charge in [0.05, 0.1) is 6.10 Å². The molecular weight excluding hydrogens is 356 g/mol. The molecule has 0 bridgehead atoms. The van der Waals surface area contributed by atoms with Crippen LogP contribution in [0, 0.1) is 18.3 Å². The summed E-state index contributed by atoms with van der Waals surface area (Å²) in [7, 11) is 0. The zero-order valence-electron chi connectivity index (χ0n) is 16.1. The Morgan fingerprint density at radius 2 is 1.75 bits per heavy atom. The van der Waals surface area contributed by atoms with E-state index in [9.17, 15) is 14.9 Å². The number of carbonyl (C=O) groups is 2. The van der Waals surface area contributed by atoms with Crippen molar-refractivity contribution in [3.63, 3.8) is 0 Å². The molecule has 6 nitrogen and oxygen atoms in total. The predicted molar refractivity (Wildman–Crippen MR) is 107 cm³/mol. The summed E-state index contributed by atoms with van der Waals surface area (Å²) in [6.45, 7) is 5.30. The summed E-state index contributed by atoms with van der Waals surface area (Å²) < 4.78 is 10.3. The number of nitrogens with zero attached hydrogens (tertiary/aromatic N) is 1. The number of anilines is 1. The predicted octanol–water partition coefficient (Wildman–Crippen LogP) is 3.87. The molecule has 144 valence electrons. The molecule has 0 saturated heterocycles. The molecule has 2 aromatic carbocycles. The quantitative estimate of drug-likeness (QED) is 0.449. The first kappa shape index (κ1) is 20.7. The number of hydrogen-bond acceptors (Lipinski definition) is 5. The van der Waals surface area contributed by atoms with E-state index in [2.05, 4.69) is 5.32 Å². The van der Waals surface area contributed by atoms with E-state index < -0.39 is 11.9 Å². The topological polar surface area (TPSA) is 88.4 Å². The number of rotatable bonds is 7. The van der Waals surface area contributed by atoms with E-state index in [0.29, 0.717) is 17.0 Å². The Bertz CT molecular complexity index is 892. The largest absolute Gasteiger partial charge is 0.482 e. The maximum atomic E-state index is 12.3. The molecule has 0 aromatic heterocycles. The Morgan fingerprint density at radius 1 is 1.11 bits per heavy atom. The molecule has 1 N–H and O–H groups in total. The van der Waals surface area contributed by atoms with Gasteiger partial charge in [-0.3, -0.25) is 4.79 Å². The first-order valence-electron chi connectivity index (χ1n) is 8.79. The van der Waals surface area contributed by atoms with Crippen molar-refractivity contribution in [2.75, 3.05) is 11.9 Å². The van der Waals surface area contributed by atoms with Gasteiger partial charge in [0.1, 0.15) is 17.4 Å². The number of nitrogens with one attached hydrogen (secondary N) is 1. The van der Waals surface area contributed by atoms with Crippen molar-refractivity contribution in [2.24, 2.45) is 0 Å². The molecular formula is C22H22N2O4. The average Bonchev–Trinajstić information content (AvgIpc) is 2.66. The minimum Gasteiger partial charge on any atom is -0.482 e. The van der Waals surface area contributed by atoms with Gasteiger partial charge in [-0.1, -0.05) is 29.8 Å². The molecule has 0 aliphatic carbocycles. The summed E-state index contributed by atoms with van der Waals surface area (Å²) in [6, 6.07) is 15.9. The SMILES string of the molecule is Cc1ccc(NC(=O)/C(C#N)=C\c2ccc(OCC(=O)OC(C)C)cc2)cc1. The first-order chi connectivity index (χ1) is 13.4. The molecule has 2 aromatic rings. The minimum absolute atomic E-state index is 0.0187. The van der Waals surface area contributed by atoms with Crippen LogP contribution in [-0.2, 0) is 14.3 Å². The highest BCUT2D eigenvalue weighted by Crippen LogP contribution is 2.16. The molecule has 2 rings (SSSR count). The van der Waals surface area contributed by atoms with E-state index in [4.69, 9.17) is 9.47 Å². The second-order valence-corrected chi connectivity index (χ2v) is 6.39. The Morgan fingerprint density at radius 3 is 2.32 bits per heavy atom. The average molecular weight is 378 g/mol. The zero-order valence-corrected chi connectivity index (χ0v) is 16.1. The zero-order chi connectivity index (χ0) is 20.5. The molecule has 0 aliphatic heterocycles. The van der Waals surface area contributed by atoms with E-state index in [1.807, 2.05) is 25.1 Å². The fourth-order valence-corrected chi connectivity index (χ4v) is 2.25. The Kier molecular flexibility index (Phi) is 7.35. The Balaban J connectivity index is 1.99. The monoisotopic (exact) mass is 378 g/mol. The van der Waals surface area contributed by atoms with Crippen LogP contribution in [0.1, 0.15) is 25.0 Å². The van der Waals surface area contributed by atoms with Crippen LogP contribution in [0.15, 0.2) is 54.1 Å². The standard InChI is InChI=1S/C22H22N2O4/c1-15(2)28-21(25)14-27-20-10-6-17(7-11-20)12-18(13-23)22(26)24-19-8-4-16(3)5-9-19/h4-12,15H,14H2,1-3H3,(H,24,26)/b18-12-. The van der Waals surface area contributed by atoms with Crippen LogP contribution in [0.4, 0.5) is 5.69 Å². The summed E-state index contributed by atoms with van der Waals surface area (Å²) in [5.74, 6) is -0.443. The van der Waals surface area contributed by atoms with Crippen LogP contribution in [0.2, 0.25) is 0 Å². The Hall–Kier alpha value is -3.59. The van der Waals surface area contributed by atoms with E-state index >= 15 is 0 Å². The van der Waals surface area contributed by atoms with Gasteiger partial charge in [0, 0.05) is 5.69 Å². The minimum atomic E-state index is -0.483. The lowest BCUT2D eigenvalue weighted by Gasteiger charge is -2.09. The smallest absolute Gasteiger partial charge is 0.344 e. The summed E-state index contributed by atoms with van der Waals surface area (Å²) >= 11 is 0. The van der Waals surface area contributed by atoms with Gasteiger partial charge < -0.3 is 14.8 Å². The summed E-state index contributed by atoms with van der Waals surface area (Å²) in [4.78, 5) is 23.8. The number of amides is 1. The molecule has 0 spiro atoms. The summed E-state index contributed by atoms with van der Waals surface area (Å²) in [5, 5.41) is 12.0. The first-order valence-corrected chi connectivity index (χ1v) is 8.79. The third kappa shape index (κ3) is 6.61. The fraction of sp³-hybridized carbons (Fsp3) is 0.227. The van der Waals surface area contributed by atoms with Gasteiger partial charge in [-0.15, -0.1) is 0 Å². The number of nitriles is 1. The second-order valence-electron chi connectivity index (χ2n) is 6.39. The number of aryl methyl sites for hydroxylation is 1. The van der Waals surface area contributed by atoms with Gasteiger partial charge in [0.25, 0.3) is 5.91 Å². The van der Waals surface area contributed by atoms with Crippen molar-refractivity contribution in [1.29, 1.82) is 5.26 Å². The van der Waals surface area contributed by atoms with Crippen LogP contribution in [0.3, 0.4) is 0 Å². The Labute approximate surface area is 164 Å². The van der Waals surface area contributed by atoms with Gasteiger partial charge in [-0.2, -0.15) is 5.26 Å². The molecule has 0 fully saturated rings. The van der Waals surface area contributed by atoms with Gasteiger partial charge in [0.2, 0.25) is 0 Å². The number of benzene rings is 2. The number of carbonyl (C=O) groups excluding carboxylic acids is 2. The highest BCUT2D eigenvalue weighted by molar-refractivity contribution is 6.09. The van der Waals surface area contributed by atoms with Crippen molar-refractivity contribution < 1.29 is 19.1 Å².